The van der Waals surface area contributed by atoms with Crippen LogP contribution in [0.5, 0.6) is 0 Å². The fourth-order valence-electron chi connectivity index (χ4n) is 5.54. The Kier molecular flexibility index (Phi) is 9.88. The van der Waals surface area contributed by atoms with Gasteiger partial charge in [-0.2, -0.15) is 4.98 Å². The van der Waals surface area contributed by atoms with Crippen molar-refractivity contribution in [3.8, 4) is 0 Å². The number of carbonyl (C=O) groups excluding carboxylic acids is 1. The van der Waals surface area contributed by atoms with Crippen molar-refractivity contribution in [3.63, 3.8) is 0 Å². The highest BCUT2D eigenvalue weighted by Gasteiger charge is 2.53. The number of fused-ring (bicyclic) bond motifs is 5. The number of aromatic amines is 1. The van der Waals surface area contributed by atoms with Gasteiger partial charge in [-0.3, -0.25) is 32.8 Å². The predicted octanol–water partition coefficient (Wildman–Crippen LogP) is 0.0585. The molecule has 3 saturated heterocycles. The Morgan fingerprint density at radius 3 is 2.64 bits per heavy atom. The number of anilines is 2. The maximum atomic E-state index is 16.2. The van der Waals surface area contributed by atoms with Gasteiger partial charge in [0.25, 0.3) is 5.56 Å². The lowest BCUT2D eigenvalue weighted by molar-refractivity contribution is -0.109. The van der Waals surface area contributed by atoms with Crippen molar-refractivity contribution in [1.29, 1.82) is 0 Å². The summed E-state index contributed by atoms with van der Waals surface area (Å²) in [5.41, 5.74) is 11.2. The van der Waals surface area contributed by atoms with E-state index in [4.69, 9.17) is 43.6 Å². The van der Waals surface area contributed by atoms with Gasteiger partial charge < -0.3 is 44.5 Å². The molecule has 0 amide bonds. The Morgan fingerprint density at radius 2 is 1.86 bits per heavy atom. The zero-order valence-corrected chi connectivity index (χ0v) is 28.2. The topological polar surface area (TPSA) is 298 Å². The van der Waals surface area contributed by atoms with Crippen LogP contribution in [-0.4, -0.2) is 116 Å². The Bertz CT molecular complexity index is 2010. The summed E-state index contributed by atoms with van der Waals surface area (Å²) in [6.07, 6.45) is -8.71. The molecule has 4 aromatic heterocycles. The molecule has 7 rings (SSSR count). The lowest BCUT2D eigenvalue weighted by atomic mass is 10.1. The Morgan fingerprint density at radius 1 is 1.12 bits per heavy atom. The maximum absolute atomic E-state index is 16.2. The normalized spacial score (nSPS) is 33.6. The number of alkyl halides is 1. The third kappa shape index (κ3) is 6.86. The number of halogens is 1. The quantitative estimate of drug-likeness (QED) is 0.128. The first-order chi connectivity index (χ1) is 23.9. The second kappa shape index (κ2) is 14.1. The molecule has 22 nitrogen and oxygen atoms in total. The van der Waals surface area contributed by atoms with Crippen LogP contribution < -0.4 is 17.0 Å². The van der Waals surface area contributed by atoms with E-state index in [2.05, 4.69) is 29.9 Å². The van der Waals surface area contributed by atoms with Gasteiger partial charge in [0.2, 0.25) is 5.95 Å². The van der Waals surface area contributed by atoms with E-state index in [-0.39, 0.29) is 51.6 Å². The summed E-state index contributed by atoms with van der Waals surface area (Å²) in [6.45, 7) is 0.0412. The molecule has 4 aromatic rings. The molecule has 0 aromatic carbocycles. The minimum atomic E-state index is -5.09. The van der Waals surface area contributed by atoms with Crippen molar-refractivity contribution < 1.29 is 55.8 Å². The van der Waals surface area contributed by atoms with Gasteiger partial charge >= 0.3 is 16.4 Å². The van der Waals surface area contributed by atoms with Gasteiger partial charge in [0, 0.05) is 12.7 Å². The molecule has 3 fully saturated rings. The smallest absolute Gasteiger partial charge is 0.387 e. The van der Waals surface area contributed by atoms with Gasteiger partial charge in [0.1, 0.15) is 42.4 Å². The average Bonchev–Trinajstić information content (AvgIpc) is 3.82. The largest absolute Gasteiger partial charge is 0.472 e. The number of phosphoric ester groups is 1. The van der Waals surface area contributed by atoms with Crippen LogP contribution in [0.2, 0.25) is 0 Å². The van der Waals surface area contributed by atoms with Gasteiger partial charge in [0.15, 0.2) is 46.4 Å². The van der Waals surface area contributed by atoms with E-state index in [0.717, 1.165) is 18.1 Å². The van der Waals surface area contributed by atoms with Gasteiger partial charge in [0.05, 0.1) is 32.5 Å². The number of nitrogens with two attached hydrogens (primary N) is 2. The highest BCUT2D eigenvalue weighted by atomic mass is 32.2. The van der Waals surface area contributed by atoms with Crippen molar-refractivity contribution in [2.75, 3.05) is 37.0 Å². The summed E-state index contributed by atoms with van der Waals surface area (Å²) in [5.74, 6) is 0.00947. The number of hydrogen-bond donors (Lipinski definition) is 5. The van der Waals surface area contributed by atoms with Crippen molar-refractivity contribution in [1.82, 2.24) is 39.0 Å². The molecule has 3 aliphatic heterocycles. The number of aromatic nitrogens is 8. The molecule has 50 heavy (non-hydrogen) atoms. The van der Waals surface area contributed by atoms with Crippen LogP contribution in [0.25, 0.3) is 22.3 Å². The third-order valence-electron chi connectivity index (χ3n) is 7.76. The van der Waals surface area contributed by atoms with Gasteiger partial charge in [-0.15, -0.1) is 0 Å². The van der Waals surface area contributed by atoms with E-state index >= 15 is 4.39 Å². The van der Waals surface area contributed by atoms with E-state index in [1.165, 1.54) is 28.7 Å². The highest BCUT2D eigenvalue weighted by Crippen LogP contribution is 2.53. The molecule has 10 unspecified atom stereocenters. The first-order valence-corrected chi connectivity index (χ1v) is 18.3. The summed E-state index contributed by atoms with van der Waals surface area (Å²) in [7, 11) is -7.55. The number of imidazole rings is 2. The standard InChI is InChI=1S/C24H29FN10O12P2S/c1-9(36)50-3-2-41-48-42-4-11-16(12(25)22(45-11)34-7-30-13-18(26)28-6-29-19(13)34)47-49(39,40)43-5-10-15(37)17(46-48)23(44-10)35-8-31-14-20(35)32-24(27)33-21(14)38/h6-8,10-12,15-17,22-23,37H,2-5H2,1H3,(H,39,40)(H2,26,28,29)(H3,27,32,33,38). The Hall–Kier alpha value is -3.25. The van der Waals surface area contributed by atoms with E-state index in [9.17, 15) is 24.2 Å². The molecule has 7 N–H and O–H groups in total. The molecule has 2 bridgehead atoms. The second-order valence-electron chi connectivity index (χ2n) is 11.0. The zero-order valence-electron chi connectivity index (χ0n) is 25.6. The summed E-state index contributed by atoms with van der Waals surface area (Å²) >= 11 is 0.978. The number of carbonyl (C=O) groups is 1. The molecule has 0 radical (unpaired) electrons. The SMILES string of the molecule is CC(=O)SCCOP1OCC2OC(n3cnc4c(N)ncnc43)C(F)C2OP(=O)(O)OCC2OC(n3cnc4c(=O)[nH]c(N)nc43)C(O1)C2O. The van der Waals surface area contributed by atoms with E-state index in [1.807, 2.05) is 0 Å². The molecule has 7 heterocycles. The fraction of sp³-hybridized carbons (Fsp3) is 0.542. The molecule has 3 aliphatic rings. The number of nitrogen functional groups attached to an aromatic ring is 2. The number of ether oxygens (including phenoxy) is 2. The molecule has 270 valence electrons. The molecular weight excluding hydrogens is 733 g/mol. The number of aliphatic hydroxyl groups is 1. The fourth-order valence-corrected chi connectivity index (χ4v) is 8.20. The molecule has 26 heteroatoms. The summed E-state index contributed by atoms with van der Waals surface area (Å²) in [4.78, 5) is 57.3. The number of hydrogen-bond acceptors (Lipinski definition) is 19. The van der Waals surface area contributed by atoms with Crippen LogP contribution >= 0.6 is 28.2 Å². The lowest BCUT2D eigenvalue weighted by Crippen LogP contribution is -2.35. The number of phosphoric acid groups is 1. The van der Waals surface area contributed by atoms with Crippen LogP contribution in [0.4, 0.5) is 16.2 Å². The van der Waals surface area contributed by atoms with Crippen LogP contribution in [0.3, 0.4) is 0 Å². The number of rotatable bonds is 6. The molecule has 0 spiro atoms. The first kappa shape index (κ1) is 35.2. The predicted molar refractivity (Wildman–Crippen MR) is 169 cm³/mol. The van der Waals surface area contributed by atoms with Crippen molar-refractivity contribution in [2.24, 2.45) is 0 Å². The summed E-state index contributed by atoms with van der Waals surface area (Å²) in [5, 5.41) is 11.2. The number of H-pyrrole nitrogens is 1. The summed E-state index contributed by atoms with van der Waals surface area (Å²) in [6, 6.07) is 0. The zero-order chi connectivity index (χ0) is 35.3. The Labute approximate surface area is 284 Å². The van der Waals surface area contributed by atoms with Gasteiger partial charge in [-0.05, 0) is 0 Å². The van der Waals surface area contributed by atoms with Gasteiger partial charge in [-0.25, -0.2) is 28.9 Å². The maximum Gasteiger partial charge on any atom is 0.472 e. The minimum Gasteiger partial charge on any atom is -0.387 e. The molecule has 0 aliphatic carbocycles. The van der Waals surface area contributed by atoms with Gasteiger partial charge in [-0.1, -0.05) is 11.8 Å². The summed E-state index contributed by atoms with van der Waals surface area (Å²) < 4.78 is 72.3. The Balaban J connectivity index is 1.21. The van der Waals surface area contributed by atoms with E-state index in [1.54, 1.807) is 0 Å². The van der Waals surface area contributed by atoms with Crippen LogP contribution in [0, 0.1) is 0 Å². The highest BCUT2D eigenvalue weighted by molar-refractivity contribution is 8.13. The van der Waals surface area contributed by atoms with Crippen molar-refractivity contribution in [2.45, 2.75) is 56.1 Å². The van der Waals surface area contributed by atoms with Crippen molar-refractivity contribution >= 4 is 67.4 Å². The molecule has 10 atom stereocenters. The number of nitrogens with one attached hydrogen (secondary N) is 1. The van der Waals surface area contributed by atoms with Crippen LogP contribution in [0.15, 0.2) is 23.8 Å². The third-order valence-corrected chi connectivity index (χ3v) is 10.7. The monoisotopic (exact) mass is 762 g/mol. The number of thioether (sulfide) groups is 1. The number of aliphatic hydroxyl groups excluding tert-OH is 1. The first-order valence-electron chi connectivity index (χ1n) is 14.7. The molecular formula is C24H29FN10O12P2S. The number of nitrogens with zero attached hydrogens (tertiary/aromatic N) is 7. The van der Waals surface area contributed by atoms with Crippen molar-refractivity contribution in [3.05, 3.63) is 29.3 Å². The average molecular weight is 763 g/mol. The lowest BCUT2D eigenvalue weighted by Gasteiger charge is -2.27. The van der Waals surface area contributed by atoms with Crippen LogP contribution in [0.1, 0.15) is 19.4 Å². The molecule has 0 saturated carbocycles. The van der Waals surface area contributed by atoms with E-state index in [0.29, 0.717) is 0 Å². The van der Waals surface area contributed by atoms with Crippen LogP contribution in [-0.2, 0) is 41.5 Å². The minimum absolute atomic E-state index is 0.0267. The second-order valence-corrected chi connectivity index (χ2v) is 14.9. The van der Waals surface area contributed by atoms with E-state index < -0.39 is 84.3 Å².